The molecular formula is C15H5Cl3F7N3S. The second-order valence-electron chi connectivity index (χ2n) is 5.59. The van der Waals surface area contributed by atoms with E-state index in [0.29, 0.717) is 14.9 Å². The molecule has 0 bridgehead atoms. The Hall–Kier alpha value is -1.56. The van der Waals surface area contributed by atoms with E-state index >= 15 is 0 Å². The number of aromatic nitrogens is 3. The van der Waals surface area contributed by atoms with Crippen molar-refractivity contribution in [3.05, 3.63) is 50.4 Å². The maximum absolute atomic E-state index is 14.2. The highest BCUT2D eigenvalue weighted by molar-refractivity contribution is 7.19. The lowest BCUT2D eigenvalue weighted by atomic mass is 9.94. The molecule has 0 spiro atoms. The molecule has 156 valence electrons. The van der Waals surface area contributed by atoms with Crippen LogP contribution in [0.2, 0.25) is 14.4 Å². The Labute approximate surface area is 176 Å². The number of hydrogen-bond acceptors (Lipinski definition) is 3. The van der Waals surface area contributed by atoms with Crippen LogP contribution in [0.3, 0.4) is 0 Å². The molecular weight excluding hydrogens is 494 g/mol. The summed E-state index contributed by atoms with van der Waals surface area (Å²) in [6, 6.07) is 3.61. The first-order chi connectivity index (χ1) is 13.3. The van der Waals surface area contributed by atoms with Crippen molar-refractivity contribution >= 4 is 46.1 Å². The molecule has 2 heterocycles. The Balaban J connectivity index is 2.10. The van der Waals surface area contributed by atoms with Gasteiger partial charge in [0.25, 0.3) is 0 Å². The molecule has 14 heteroatoms. The van der Waals surface area contributed by atoms with E-state index in [-0.39, 0.29) is 17.8 Å². The molecule has 3 nitrogen and oxygen atoms in total. The average molecular weight is 499 g/mol. The quantitative estimate of drug-likeness (QED) is 0.356. The third-order valence-corrected chi connectivity index (χ3v) is 5.57. The van der Waals surface area contributed by atoms with E-state index in [1.54, 1.807) is 12.1 Å². The van der Waals surface area contributed by atoms with E-state index in [9.17, 15) is 30.7 Å². The smallest absolute Gasteiger partial charge is 0.218 e. The van der Waals surface area contributed by atoms with Gasteiger partial charge in [0.1, 0.15) is 11.4 Å². The fourth-order valence-electron chi connectivity index (χ4n) is 2.41. The minimum Gasteiger partial charge on any atom is -0.218 e. The van der Waals surface area contributed by atoms with E-state index in [2.05, 4.69) is 10.3 Å². The summed E-state index contributed by atoms with van der Waals surface area (Å²) in [6.07, 6.45) is -11.3. The van der Waals surface area contributed by atoms with Crippen molar-refractivity contribution in [2.45, 2.75) is 18.0 Å². The number of thiophene rings is 1. The van der Waals surface area contributed by atoms with E-state index in [1.807, 2.05) is 0 Å². The van der Waals surface area contributed by atoms with Crippen LogP contribution in [0.25, 0.3) is 16.3 Å². The van der Waals surface area contributed by atoms with Gasteiger partial charge in [0.2, 0.25) is 0 Å². The topological polar surface area (TPSA) is 30.7 Å². The third kappa shape index (κ3) is 3.80. The summed E-state index contributed by atoms with van der Waals surface area (Å²) in [5.41, 5.74) is -7.44. The fraction of sp³-hybridized carbons (Fsp3) is 0.200. The van der Waals surface area contributed by atoms with Gasteiger partial charge in [-0.25, -0.2) is 9.07 Å². The van der Waals surface area contributed by atoms with Crippen molar-refractivity contribution in [1.82, 2.24) is 15.0 Å². The SMILES string of the molecule is FC(F)(F)C(F)(c1cc(Cl)c(-n2cc(-c3ccc(Cl)s3)nn2)c(Cl)c1)C(F)(F)F. The van der Waals surface area contributed by atoms with Crippen LogP contribution in [0.15, 0.2) is 30.5 Å². The van der Waals surface area contributed by atoms with Crippen LogP contribution >= 0.6 is 46.1 Å². The van der Waals surface area contributed by atoms with Crippen LogP contribution in [0.4, 0.5) is 30.7 Å². The van der Waals surface area contributed by atoms with Gasteiger partial charge in [-0.3, -0.25) is 0 Å². The maximum Gasteiger partial charge on any atom is 0.435 e. The minimum absolute atomic E-state index is 0.202. The van der Waals surface area contributed by atoms with Crippen molar-refractivity contribution in [3.63, 3.8) is 0 Å². The Morgan fingerprint density at radius 3 is 1.86 bits per heavy atom. The monoisotopic (exact) mass is 497 g/mol. The summed E-state index contributed by atoms with van der Waals surface area (Å²) in [6.45, 7) is 0. The van der Waals surface area contributed by atoms with Crippen LogP contribution in [0.5, 0.6) is 0 Å². The standard InChI is InChI=1S/C15H5Cl3F7N3S/c16-7-3-6(13(19,14(20,21)22)15(23,24)25)4-8(17)12(7)28-5-9(26-27-28)10-1-2-11(18)29-10/h1-5H. The molecule has 0 aliphatic rings. The number of halogens is 10. The Bertz CT molecular complexity index is 1020. The Morgan fingerprint density at radius 2 is 1.41 bits per heavy atom. The van der Waals surface area contributed by atoms with Gasteiger partial charge in [-0.2, -0.15) is 26.3 Å². The Morgan fingerprint density at radius 1 is 0.862 bits per heavy atom. The van der Waals surface area contributed by atoms with Gasteiger partial charge in [0.15, 0.2) is 0 Å². The van der Waals surface area contributed by atoms with Gasteiger partial charge >= 0.3 is 18.0 Å². The Kier molecular flexibility index (Phi) is 5.57. The predicted molar refractivity (Wildman–Crippen MR) is 94.6 cm³/mol. The van der Waals surface area contributed by atoms with Crippen molar-refractivity contribution in [2.24, 2.45) is 0 Å². The number of alkyl halides is 7. The first kappa shape index (κ1) is 22.1. The largest absolute Gasteiger partial charge is 0.435 e. The van der Waals surface area contributed by atoms with Crippen LogP contribution in [-0.4, -0.2) is 27.3 Å². The fourth-order valence-corrected chi connectivity index (χ4v) is 4.06. The van der Waals surface area contributed by atoms with Crippen LogP contribution in [0, 0.1) is 0 Å². The summed E-state index contributed by atoms with van der Waals surface area (Å²) in [4.78, 5) is 0.585. The van der Waals surface area contributed by atoms with Gasteiger partial charge in [-0.15, -0.1) is 16.4 Å². The highest BCUT2D eigenvalue weighted by Gasteiger charge is 2.73. The molecule has 1 aromatic carbocycles. The summed E-state index contributed by atoms with van der Waals surface area (Å²) in [7, 11) is 0. The van der Waals surface area contributed by atoms with Crippen LogP contribution < -0.4 is 0 Å². The van der Waals surface area contributed by atoms with Crippen molar-refractivity contribution in [1.29, 1.82) is 0 Å². The molecule has 0 aliphatic carbocycles. The second kappa shape index (κ2) is 7.29. The average Bonchev–Trinajstić information content (AvgIpc) is 3.20. The molecule has 0 saturated heterocycles. The van der Waals surface area contributed by atoms with E-state index in [0.717, 1.165) is 16.0 Å². The normalized spacial score (nSPS) is 13.2. The van der Waals surface area contributed by atoms with E-state index in [4.69, 9.17) is 34.8 Å². The van der Waals surface area contributed by atoms with Gasteiger partial charge in [-0.05, 0) is 24.3 Å². The molecule has 0 radical (unpaired) electrons. The van der Waals surface area contributed by atoms with Crippen molar-refractivity contribution in [3.8, 4) is 16.3 Å². The summed E-state index contributed by atoms with van der Waals surface area (Å²) >= 11 is 18.7. The maximum atomic E-state index is 14.2. The molecule has 2 aromatic heterocycles. The summed E-state index contributed by atoms with van der Waals surface area (Å²) in [5, 5.41) is 6.15. The molecule has 29 heavy (non-hydrogen) atoms. The summed E-state index contributed by atoms with van der Waals surface area (Å²) < 4.78 is 93.3. The first-order valence-corrected chi connectivity index (χ1v) is 9.21. The zero-order chi connectivity index (χ0) is 21.8. The van der Waals surface area contributed by atoms with Gasteiger partial charge in [0, 0.05) is 5.56 Å². The minimum atomic E-state index is -6.29. The molecule has 0 saturated carbocycles. The zero-order valence-electron chi connectivity index (χ0n) is 13.4. The first-order valence-electron chi connectivity index (χ1n) is 7.26. The lowest BCUT2D eigenvalue weighted by Crippen LogP contribution is -2.50. The molecule has 0 atom stereocenters. The molecule has 0 N–H and O–H groups in total. The van der Waals surface area contributed by atoms with Crippen molar-refractivity contribution < 1.29 is 30.7 Å². The summed E-state index contributed by atoms with van der Waals surface area (Å²) in [5.74, 6) is 0. The number of nitrogens with zero attached hydrogens (tertiary/aromatic N) is 3. The number of hydrogen-bond donors (Lipinski definition) is 0. The highest BCUT2D eigenvalue weighted by atomic mass is 35.5. The van der Waals surface area contributed by atoms with Crippen LogP contribution in [0.1, 0.15) is 5.56 Å². The van der Waals surface area contributed by atoms with Gasteiger partial charge in [0.05, 0.1) is 25.5 Å². The van der Waals surface area contributed by atoms with Crippen LogP contribution in [-0.2, 0) is 5.67 Å². The van der Waals surface area contributed by atoms with E-state index in [1.165, 1.54) is 6.20 Å². The molecule has 0 fully saturated rings. The lowest BCUT2D eigenvalue weighted by Gasteiger charge is -2.30. The molecule has 3 rings (SSSR count). The number of rotatable bonds is 3. The number of benzene rings is 1. The molecule has 3 aromatic rings. The third-order valence-electron chi connectivity index (χ3n) is 3.74. The molecule has 0 amide bonds. The van der Waals surface area contributed by atoms with Gasteiger partial charge in [-0.1, -0.05) is 40.0 Å². The molecule has 0 unspecified atom stereocenters. The molecule has 0 aliphatic heterocycles. The van der Waals surface area contributed by atoms with Gasteiger partial charge < -0.3 is 0 Å². The van der Waals surface area contributed by atoms with Crippen molar-refractivity contribution in [2.75, 3.05) is 0 Å². The lowest BCUT2D eigenvalue weighted by molar-refractivity contribution is -0.348. The zero-order valence-corrected chi connectivity index (χ0v) is 16.5. The van der Waals surface area contributed by atoms with E-state index < -0.39 is 33.6 Å². The second-order valence-corrected chi connectivity index (χ2v) is 8.12. The predicted octanol–water partition coefficient (Wildman–Crippen LogP) is 7.25. The highest BCUT2D eigenvalue weighted by Crippen LogP contribution is 2.54.